The van der Waals surface area contributed by atoms with Gasteiger partial charge in [-0.05, 0) is 43.5 Å². The van der Waals surface area contributed by atoms with Crippen molar-refractivity contribution in [2.75, 3.05) is 13.1 Å². The topological polar surface area (TPSA) is 72.3 Å². The Morgan fingerprint density at radius 1 is 1.52 bits per heavy atom. The third kappa shape index (κ3) is 3.96. The quantitative estimate of drug-likeness (QED) is 0.876. The van der Waals surface area contributed by atoms with Gasteiger partial charge in [0.1, 0.15) is 0 Å². The van der Waals surface area contributed by atoms with Crippen LogP contribution in [0.1, 0.15) is 37.8 Å². The predicted octanol–water partition coefficient (Wildman–Crippen LogP) is 2.32. The van der Waals surface area contributed by atoms with Gasteiger partial charge in [-0.2, -0.15) is 0 Å². The number of carbonyl (C=O) groups excluding carboxylic acids is 1. The zero-order chi connectivity index (χ0) is 15.4. The van der Waals surface area contributed by atoms with Crippen LogP contribution in [0.3, 0.4) is 0 Å². The zero-order valence-corrected chi connectivity index (χ0v) is 13.2. The summed E-state index contributed by atoms with van der Waals surface area (Å²) in [6.07, 6.45) is 2.71. The normalized spacial score (nSPS) is 22.7. The molecule has 116 valence electrons. The van der Waals surface area contributed by atoms with Crippen molar-refractivity contribution in [2.24, 2.45) is 17.4 Å². The van der Waals surface area contributed by atoms with Crippen LogP contribution < -0.4 is 11.5 Å². The molecule has 1 aromatic carbocycles. The molecule has 1 aliphatic heterocycles. The largest absolute Gasteiger partial charge is 0.369 e. The molecular formula is C16H24ClN3O. The van der Waals surface area contributed by atoms with Crippen LogP contribution in [0.15, 0.2) is 24.3 Å². The molecule has 1 aliphatic rings. The molecular weight excluding hydrogens is 286 g/mol. The van der Waals surface area contributed by atoms with Crippen molar-refractivity contribution >= 4 is 17.5 Å². The number of likely N-dealkylation sites (tertiary alicyclic amines) is 1. The number of nitrogens with zero attached hydrogens (tertiary/aromatic N) is 1. The highest BCUT2D eigenvalue weighted by Gasteiger charge is 2.32. The average Bonchev–Trinajstić information content (AvgIpc) is 2.47. The molecule has 0 aliphatic carbocycles. The summed E-state index contributed by atoms with van der Waals surface area (Å²) >= 11 is 6.12. The summed E-state index contributed by atoms with van der Waals surface area (Å²) in [4.78, 5) is 13.8. The minimum atomic E-state index is -0.213. The number of benzene rings is 1. The van der Waals surface area contributed by atoms with Crippen LogP contribution in [0.2, 0.25) is 5.02 Å². The standard InChI is InChI=1S/C16H24ClN3O/c1-2-14(18)15(11-5-3-7-13(17)9-11)20-8-4-6-12(10-20)16(19)21/h3,5,7,9,12,14-15H,2,4,6,8,10,18H2,1H3,(H2,19,21). The molecule has 0 bridgehead atoms. The van der Waals surface area contributed by atoms with E-state index in [1.54, 1.807) is 0 Å². The van der Waals surface area contributed by atoms with E-state index in [1.807, 2.05) is 18.2 Å². The lowest BCUT2D eigenvalue weighted by atomic mass is 9.90. The number of hydrogen-bond donors (Lipinski definition) is 2. The van der Waals surface area contributed by atoms with Gasteiger partial charge >= 0.3 is 0 Å². The highest BCUT2D eigenvalue weighted by molar-refractivity contribution is 6.30. The van der Waals surface area contributed by atoms with Crippen LogP contribution in [0.5, 0.6) is 0 Å². The molecule has 1 aromatic rings. The lowest BCUT2D eigenvalue weighted by Gasteiger charge is -2.40. The lowest BCUT2D eigenvalue weighted by molar-refractivity contribution is -0.123. The van der Waals surface area contributed by atoms with Gasteiger partial charge in [-0.25, -0.2) is 0 Å². The second kappa shape index (κ2) is 7.25. The van der Waals surface area contributed by atoms with E-state index in [2.05, 4.69) is 17.9 Å². The minimum absolute atomic E-state index is 0.00935. The Hall–Kier alpha value is -1.10. The van der Waals surface area contributed by atoms with Gasteiger partial charge in [0.15, 0.2) is 0 Å². The van der Waals surface area contributed by atoms with Gasteiger partial charge < -0.3 is 11.5 Å². The van der Waals surface area contributed by atoms with E-state index in [4.69, 9.17) is 23.1 Å². The Morgan fingerprint density at radius 2 is 2.29 bits per heavy atom. The maximum Gasteiger partial charge on any atom is 0.221 e. The summed E-state index contributed by atoms with van der Waals surface area (Å²) in [5.74, 6) is -0.292. The van der Waals surface area contributed by atoms with Crippen LogP contribution >= 0.6 is 11.6 Å². The molecule has 21 heavy (non-hydrogen) atoms. The van der Waals surface area contributed by atoms with Crippen molar-refractivity contribution in [3.8, 4) is 0 Å². The molecule has 4 nitrogen and oxygen atoms in total. The summed E-state index contributed by atoms with van der Waals surface area (Å²) in [7, 11) is 0. The van der Waals surface area contributed by atoms with E-state index in [9.17, 15) is 4.79 Å². The third-order valence-corrected chi connectivity index (χ3v) is 4.55. The first-order valence-corrected chi connectivity index (χ1v) is 7.95. The SMILES string of the molecule is CCC(N)C(c1cccc(Cl)c1)N1CCCC(C(N)=O)C1. The summed E-state index contributed by atoms with van der Waals surface area (Å²) in [5, 5.41) is 0.712. The van der Waals surface area contributed by atoms with Crippen LogP contribution in [-0.4, -0.2) is 29.9 Å². The van der Waals surface area contributed by atoms with E-state index in [0.29, 0.717) is 11.6 Å². The van der Waals surface area contributed by atoms with Crippen LogP contribution in [-0.2, 0) is 4.79 Å². The van der Waals surface area contributed by atoms with Gasteiger partial charge in [0, 0.05) is 23.7 Å². The van der Waals surface area contributed by atoms with Crippen molar-refractivity contribution in [2.45, 2.75) is 38.3 Å². The predicted molar refractivity (Wildman–Crippen MR) is 86.0 cm³/mol. The number of rotatable bonds is 5. The Kier molecular flexibility index (Phi) is 5.62. The zero-order valence-electron chi connectivity index (χ0n) is 12.5. The smallest absolute Gasteiger partial charge is 0.221 e. The van der Waals surface area contributed by atoms with Gasteiger partial charge in [-0.3, -0.25) is 9.69 Å². The Balaban J connectivity index is 2.25. The fourth-order valence-corrected chi connectivity index (χ4v) is 3.33. The van der Waals surface area contributed by atoms with Crippen LogP contribution in [0, 0.1) is 5.92 Å². The number of amides is 1. The first-order valence-electron chi connectivity index (χ1n) is 7.57. The highest BCUT2D eigenvalue weighted by atomic mass is 35.5. The molecule has 3 unspecified atom stereocenters. The monoisotopic (exact) mass is 309 g/mol. The Bertz CT molecular complexity index is 494. The van der Waals surface area contributed by atoms with Crippen molar-refractivity contribution in [1.29, 1.82) is 0 Å². The third-order valence-electron chi connectivity index (χ3n) is 4.32. The van der Waals surface area contributed by atoms with Gasteiger partial charge in [0.25, 0.3) is 0 Å². The molecule has 0 spiro atoms. The minimum Gasteiger partial charge on any atom is -0.369 e. The molecule has 0 saturated carbocycles. The van der Waals surface area contributed by atoms with E-state index in [1.165, 1.54) is 0 Å². The maximum absolute atomic E-state index is 11.5. The summed E-state index contributed by atoms with van der Waals surface area (Å²) in [5.41, 5.74) is 12.9. The van der Waals surface area contributed by atoms with Gasteiger partial charge in [0.2, 0.25) is 5.91 Å². The first-order chi connectivity index (χ1) is 10.0. The second-order valence-corrected chi connectivity index (χ2v) is 6.24. The molecule has 1 amide bonds. The van der Waals surface area contributed by atoms with Crippen LogP contribution in [0.25, 0.3) is 0 Å². The number of carbonyl (C=O) groups is 1. The molecule has 0 aromatic heterocycles. The fraction of sp³-hybridized carbons (Fsp3) is 0.562. The number of nitrogens with two attached hydrogens (primary N) is 2. The molecule has 5 heteroatoms. The average molecular weight is 310 g/mol. The molecule has 0 radical (unpaired) electrons. The number of hydrogen-bond acceptors (Lipinski definition) is 3. The fourth-order valence-electron chi connectivity index (χ4n) is 3.13. The molecule has 1 fully saturated rings. The number of primary amides is 1. The van der Waals surface area contributed by atoms with E-state index < -0.39 is 0 Å². The van der Waals surface area contributed by atoms with E-state index in [-0.39, 0.29) is 23.9 Å². The molecule has 4 N–H and O–H groups in total. The van der Waals surface area contributed by atoms with Crippen molar-refractivity contribution in [3.05, 3.63) is 34.9 Å². The lowest BCUT2D eigenvalue weighted by Crippen LogP contribution is -2.48. The Labute approximate surface area is 131 Å². The molecule has 1 saturated heterocycles. The van der Waals surface area contributed by atoms with Gasteiger partial charge in [0.05, 0.1) is 5.92 Å². The van der Waals surface area contributed by atoms with Gasteiger partial charge in [-0.15, -0.1) is 0 Å². The van der Waals surface area contributed by atoms with Crippen molar-refractivity contribution in [3.63, 3.8) is 0 Å². The number of piperidine rings is 1. The first kappa shape index (κ1) is 16.3. The molecule has 1 heterocycles. The number of halogens is 1. The second-order valence-electron chi connectivity index (χ2n) is 5.81. The van der Waals surface area contributed by atoms with Crippen molar-refractivity contribution in [1.82, 2.24) is 4.90 Å². The van der Waals surface area contributed by atoms with Gasteiger partial charge in [-0.1, -0.05) is 30.7 Å². The molecule has 2 rings (SSSR count). The van der Waals surface area contributed by atoms with E-state index in [0.717, 1.165) is 31.4 Å². The molecule has 3 atom stereocenters. The summed E-state index contributed by atoms with van der Waals surface area (Å²) < 4.78 is 0. The Morgan fingerprint density at radius 3 is 2.90 bits per heavy atom. The summed E-state index contributed by atoms with van der Waals surface area (Å²) in [6.45, 7) is 3.70. The highest BCUT2D eigenvalue weighted by Crippen LogP contribution is 2.31. The van der Waals surface area contributed by atoms with Crippen molar-refractivity contribution < 1.29 is 4.79 Å². The van der Waals surface area contributed by atoms with E-state index >= 15 is 0 Å². The van der Waals surface area contributed by atoms with Crippen LogP contribution in [0.4, 0.5) is 0 Å². The maximum atomic E-state index is 11.5. The summed E-state index contributed by atoms with van der Waals surface area (Å²) in [6, 6.07) is 7.92.